The summed E-state index contributed by atoms with van der Waals surface area (Å²) in [6, 6.07) is 3.88. The van der Waals surface area contributed by atoms with E-state index in [4.69, 9.17) is 4.52 Å². The highest BCUT2D eigenvalue weighted by atomic mass is 32.1. The fourth-order valence-corrected chi connectivity index (χ4v) is 2.29. The highest BCUT2D eigenvalue weighted by Crippen LogP contribution is 2.21. The normalized spacial score (nSPS) is 10.7. The smallest absolute Gasteiger partial charge is 0.227 e. The molecule has 0 saturated heterocycles. The maximum Gasteiger partial charge on any atom is 0.227 e. The van der Waals surface area contributed by atoms with Crippen molar-refractivity contribution < 1.29 is 9.32 Å². The summed E-state index contributed by atoms with van der Waals surface area (Å²) in [6.45, 7) is 4.36. The Kier molecular flexibility index (Phi) is 5.69. The SMILES string of the molecule is CCNCCNC(=O)CCc1nc(-c2cccs2)no1. The Morgan fingerprint density at radius 3 is 3.10 bits per heavy atom. The molecule has 2 aromatic rings. The molecule has 2 heterocycles. The Morgan fingerprint density at radius 1 is 1.45 bits per heavy atom. The zero-order valence-corrected chi connectivity index (χ0v) is 12.2. The maximum atomic E-state index is 11.6. The summed E-state index contributed by atoms with van der Waals surface area (Å²) < 4.78 is 5.14. The lowest BCUT2D eigenvalue weighted by molar-refractivity contribution is -0.121. The van der Waals surface area contributed by atoms with Crippen LogP contribution in [0.3, 0.4) is 0 Å². The minimum Gasteiger partial charge on any atom is -0.355 e. The van der Waals surface area contributed by atoms with E-state index in [2.05, 4.69) is 20.8 Å². The molecule has 0 atom stereocenters. The van der Waals surface area contributed by atoms with Crippen LogP contribution in [0.1, 0.15) is 19.2 Å². The number of nitrogens with one attached hydrogen (secondary N) is 2. The molecule has 0 aromatic carbocycles. The van der Waals surface area contributed by atoms with Gasteiger partial charge in [0.05, 0.1) is 4.88 Å². The van der Waals surface area contributed by atoms with Gasteiger partial charge in [0.25, 0.3) is 0 Å². The topological polar surface area (TPSA) is 80.0 Å². The average molecular weight is 294 g/mol. The quantitative estimate of drug-likeness (QED) is 0.720. The summed E-state index contributed by atoms with van der Waals surface area (Å²) >= 11 is 1.56. The van der Waals surface area contributed by atoms with E-state index in [1.54, 1.807) is 11.3 Å². The summed E-state index contributed by atoms with van der Waals surface area (Å²) in [5, 5.41) is 11.8. The number of aryl methyl sites for hydroxylation is 1. The number of thiophene rings is 1. The van der Waals surface area contributed by atoms with Crippen molar-refractivity contribution in [2.45, 2.75) is 19.8 Å². The van der Waals surface area contributed by atoms with Crippen LogP contribution in [-0.2, 0) is 11.2 Å². The van der Waals surface area contributed by atoms with Crippen LogP contribution >= 0.6 is 11.3 Å². The molecular formula is C13H18N4O2S. The van der Waals surface area contributed by atoms with Gasteiger partial charge < -0.3 is 15.2 Å². The molecule has 2 rings (SSSR count). The van der Waals surface area contributed by atoms with E-state index < -0.39 is 0 Å². The Bertz CT molecular complexity index is 524. The lowest BCUT2D eigenvalue weighted by atomic mass is 10.3. The number of hydrogen-bond donors (Lipinski definition) is 2. The molecule has 0 saturated carbocycles. The van der Waals surface area contributed by atoms with Gasteiger partial charge in [-0.05, 0) is 18.0 Å². The third kappa shape index (κ3) is 4.43. The molecule has 108 valence electrons. The van der Waals surface area contributed by atoms with Crippen LogP contribution in [0.15, 0.2) is 22.0 Å². The Morgan fingerprint density at radius 2 is 2.35 bits per heavy atom. The van der Waals surface area contributed by atoms with Crippen molar-refractivity contribution in [1.82, 2.24) is 20.8 Å². The third-order valence-corrected chi connectivity index (χ3v) is 3.52. The number of nitrogens with zero attached hydrogens (tertiary/aromatic N) is 2. The second kappa shape index (κ2) is 7.76. The van der Waals surface area contributed by atoms with Crippen molar-refractivity contribution >= 4 is 17.2 Å². The van der Waals surface area contributed by atoms with E-state index in [9.17, 15) is 4.79 Å². The Labute approximate surface area is 121 Å². The second-order valence-corrected chi connectivity index (χ2v) is 5.14. The van der Waals surface area contributed by atoms with Gasteiger partial charge in [-0.15, -0.1) is 11.3 Å². The molecule has 2 aromatic heterocycles. The van der Waals surface area contributed by atoms with Crippen molar-refractivity contribution in [2.75, 3.05) is 19.6 Å². The fourth-order valence-electron chi connectivity index (χ4n) is 1.64. The predicted molar refractivity (Wildman–Crippen MR) is 77.5 cm³/mol. The Balaban J connectivity index is 1.73. The van der Waals surface area contributed by atoms with Crippen LogP contribution in [0.4, 0.5) is 0 Å². The summed E-state index contributed by atoms with van der Waals surface area (Å²) in [7, 11) is 0. The predicted octanol–water partition coefficient (Wildman–Crippen LogP) is 1.46. The van der Waals surface area contributed by atoms with E-state index in [-0.39, 0.29) is 5.91 Å². The lowest BCUT2D eigenvalue weighted by Crippen LogP contribution is -2.31. The van der Waals surface area contributed by atoms with E-state index in [1.165, 1.54) is 0 Å². The van der Waals surface area contributed by atoms with Crippen LogP contribution in [0.25, 0.3) is 10.7 Å². The molecule has 0 unspecified atom stereocenters. The first-order valence-corrected chi connectivity index (χ1v) is 7.51. The monoisotopic (exact) mass is 294 g/mol. The van der Waals surface area contributed by atoms with E-state index in [1.807, 2.05) is 24.4 Å². The van der Waals surface area contributed by atoms with Crippen molar-refractivity contribution in [1.29, 1.82) is 0 Å². The minimum absolute atomic E-state index is 0.00113. The van der Waals surface area contributed by atoms with Gasteiger partial charge in [0, 0.05) is 25.9 Å². The van der Waals surface area contributed by atoms with Gasteiger partial charge in [-0.3, -0.25) is 4.79 Å². The second-order valence-electron chi connectivity index (χ2n) is 4.19. The summed E-state index contributed by atoms with van der Waals surface area (Å²) in [6.07, 6.45) is 0.823. The van der Waals surface area contributed by atoms with Gasteiger partial charge >= 0.3 is 0 Å². The molecule has 6 nitrogen and oxygen atoms in total. The van der Waals surface area contributed by atoms with Gasteiger partial charge in [0.2, 0.25) is 17.6 Å². The molecule has 20 heavy (non-hydrogen) atoms. The lowest BCUT2D eigenvalue weighted by Gasteiger charge is -2.03. The van der Waals surface area contributed by atoms with Crippen LogP contribution < -0.4 is 10.6 Å². The zero-order valence-electron chi connectivity index (χ0n) is 11.4. The number of likely N-dealkylation sites (N-methyl/N-ethyl adjacent to an activating group) is 1. The zero-order chi connectivity index (χ0) is 14.2. The third-order valence-electron chi connectivity index (χ3n) is 2.65. The van der Waals surface area contributed by atoms with Gasteiger partial charge in [-0.1, -0.05) is 18.1 Å². The van der Waals surface area contributed by atoms with Crippen molar-refractivity contribution in [3.63, 3.8) is 0 Å². The number of aromatic nitrogens is 2. The van der Waals surface area contributed by atoms with Crippen molar-refractivity contribution in [3.05, 3.63) is 23.4 Å². The number of amides is 1. The molecule has 2 N–H and O–H groups in total. The van der Waals surface area contributed by atoms with E-state index in [0.717, 1.165) is 18.0 Å². The molecule has 0 bridgehead atoms. The van der Waals surface area contributed by atoms with Crippen LogP contribution in [0, 0.1) is 0 Å². The van der Waals surface area contributed by atoms with Crippen molar-refractivity contribution in [2.24, 2.45) is 0 Å². The summed E-state index contributed by atoms with van der Waals surface area (Å²) in [5.41, 5.74) is 0. The Hall–Kier alpha value is -1.73. The molecule has 0 aliphatic heterocycles. The fraction of sp³-hybridized carbons (Fsp3) is 0.462. The molecule has 0 radical (unpaired) electrons. The minimum atomic E-state index is -0.00113. The molecule has 0 aliphatic carbocycles. The van der Waals surface area contributed by atoms with Gasteiger partial charge in [0.15, 0.2) is 0 Å². The van der Waals surface area contributed by atoms with Crippen LogP contribution in [0.2, 0.25) is 0 Å². The largest absolute Gasteiger partial charge is 0.355 e. The summed E-state index contributed by atoms with van der Waals surface area (Å²) in [4.78, 5) is 16.8. The van der Waals surface area contributed by atoms with Gasteiger partial charge in [0.1, 0.15) is 0 Å². The summed E-state index contributed by atoms with van der Waals surface area (Å²) in [5.74, 6) is 1.08. The first kappa shape index (κ1) is 14.7. The molecule has 0 aliphatic rings. The number of carbonyl (C=O) groups excluding carboxylic acids is 1. The molecule has 7 heteroatoms. The molecule has 0 fully saturated rings. The van der Waals surface area contributed by atoms with E-state index >= 15 is 0 Å². The molecule has 1 amide bonds. The first-order chi connectivity index (χ1) is 9.79. The van der Waals surface area contributed by atoms with E-state index in [0.29, 0.717) is 31.1 Å². The maximum absolute atomic E-state index is 11.6. The highest BCUT2D eigenvalue weighted by molar-refractivity contribution is 7.13. The number of rotatable bonds is 8. The van der Waals surface area contributed by atoms with Gasteiger partial charge in [-0.25, -0.2) is 0 Å². The van der Waals surface area contributed by atoms with Crippen LogP contribution in [-0.4, -0.2) is 35.7 Å². The average Bonchev–Trinajstić information content (AvgIpc) is 3.11. The number of carbonyl (C=O) groups is 1. The van der Waals surface area contributed by atoms with Crippen molar-refractivity contribution in [3.8, 4) is 10.7 Å². The van der Waals surface area contributed by atoms with Crippen LogP contribution in [0.5, 0.6) is 0 Å². The number of hydrogen-bond acceptors (Lipinski definition) is 6. The van der Waals surface area contributed by atoms with Gasteiger partial charge in [-0.2, -0.15) is 4.98 Å². The standard InChI is InChI=1S/C13H18N4O2S/c1-2-14-7-8-15-11(18)5-6-12-16-13(17-19-12)10-4-3-9-20-10/h3-4,9,14H,2,5-8H2,1H3,(H,15,18). The first-order valence-electron chi connectivity index (χ1n) is 6.63. The molecular weight excluding hydrogens is 276 g/mol. The highest BCUT2D eigenvalue weighted by Gasteiger charge is 2.10. The molecule has 0 spiro atoms.